The summed E-state index contributed by atoms with van der Waals surface area (Å²) in [5, 5.41) is 7.14. The Morgan fingerprint density at radius 1 is 1.25 bits per heavy atom. The van der Waals surface area contributed by atoms with E-state index in [-0.39, 0.29) is 40.6 Å². The van der Waals surface area contributed by atoms with Gasteiger partial charge in [0.2, 0.25) is 0 Å². The quantitative estimate of drug-likeness (QED) is 0.127. The van der Waals surface area contributed by atoms with Crippen LogP contribution in [0.4, 0.5) is 0 Å². The number of hydrogen-bond donors (Lipinski definition) is 5. The fourth-order valence-electron chi connectivity index (χ4n) is 0. The third kappa shape index (κ3) is 66.1. The van der Waals surface area contributed by atoms with Crippen molar-refractivity contribution in [3.8, 4) is 0 Å². The molecule has 0 saturated heterocycles. The summed E-state index contributed by atoms with van der Waals surface area (Å²) in [6.07, 6.45) is 0. The Morgan fingerprint density at radius 2 is 1.33 bits per heavy atom. The topological polar surface area (TPSA) is 162 Å². The standard InChI is InChI=1S/Ca.H3O5P.H2O4S.2H/c;1-5-6(2,3)4;1-5(2,3)4;;/h;1H,(H2,2,3,4);(H2,1,2,3,4);;/q+2;;;2*-1. The second-order valence-corrected chi connectivity index (χ2v) is 3.06. The van der Waals surface area contributed by atoms with Crippen LogP contribution in [0.5, 0.6) is 0 Å². The van der Waals surface area contributed by atoms with Crippen molar-refractivity contribution in [2.45, 2.75) is 0 Å². The third-order valence-electron chi connectivity index (χ3n) is 0.106. The van der Waals surface area contributed by atoms with Gasteiger partial charge >= 0.3 is 56.0 Å². The van der Waals surface area contributed by atoms with Gasteiger partial charge < -0.3 is 12.6 Å². The molecule has 12 heavy (non-hydrogen) atoms. The van der Waals surface area contributed by atoms with Crippen molar-refractivity contribution < 1.29 is 44.7 Å². The summed E-state index contributed by atoms with van der Waals surface area (Å²) in [4.78, 5) is 14.9. The molecule has 0 amide bonds. The Bertz CT molecular complexity index is 221. The maximum absolute atomic E-state index is 9.22. The third-order valence-corrected chi connectivity index (χ3v) is 0.319. The SMILES string of the molecule is O=P(O)(O)OO.O=S(=O)(O)O.[Ca+2].[H-].[H-]. The Kier molecular flexibility index (Phi) is 11.9. The van der Waals surface area contributed by atoms with Crippen molar-refractivity contribution in [3.05, 3.63) is 0 Å². The van der Waals surface area contributed by atoms with Crippen LogP contribution in [-0.2, 0) is 19.6 Å². The van der Waals surface area contributed by atoms with Crippen LogP contribution < -0.4 is 0 Å². The first-order valence-corrected chi connectivity index (χ1v) is 4.57. The molecule has 74 valence electrons. The Labute approximate surface area is 100 Å². The summed E-state index contributed by atoms with van der Waals surface area (Å²) in [6.45, 7) is 0. The van der Waals surface area contributed by atoms with Crippen LogP contribution in [0.2, 0.25) is 0 Å². The average molecular weight is 254 g/mol. The molecule has 0 spiro atoms. The van der Waals surface area contributed by atoms with Gasteiger partial charge in [-0.25, -0.2) is 9.82 Å². The summed E-state index contributed by atoms with van der Waals surface area (Å²) >= 11 is 0. The van der Waals surface area contributed by atoms with E-state index in [0.29, 0.717) is 0 Å². The zero-order valence-electron chi connectivity index (χ0n) is 7.43. The van der Waals surface area contributed by atoms with Gasteiger partial charge in [0.05, 0.1) is 0 Å². The fraction of sp³-hybridized carbons (Fsp3) is 0. The maximum atomic E-state index is 9.22. The molecule has 0 aromatic carbocycles. The Morgan fingerprint density at radius 3 is 1.33 bits per heavy atom. The Hall–Kier alpha value is 1.20. The van der Waals surface area contributed by atoms with Gasteiger partial charge in [-0.05, 0) is 0 Å². The molecule has 0 saturated carbocycles. The second-order valence-electron chi connectivity index (χ2n) is 1.02. The molecule has 0 aromatic heterocycles. The molecule has 0 aliphatic rings. The summed E-state index contributed by atoms with van der Waals surface area (Å²) in [5.41, 5.74) is 0. The minimum atomic E-state index is -4.67. The molecule has 0 fully saturated rings. The van der Waals surface area contributed by atoms with Gasteiger partial charge in [-0.15, -0.1) is 4.67 Å². The molecule has 0 bridgehead atoms. The molecule has 0 aromatic rings. The van der Waals surface area contributed by atoms with Crippen molar-refractivity contribution in [3.63, 3.8) is 0 Å². The van der Waals surface area contributed by atoms with Gasteiger partial charge in [0.25, 0.3) is 0 Å². The zero-order valence-corrected chi connectivity index (χ0v) is 9.35. The van der Waals surface area contributed by atoms with E-state index in [9.17, 15) is 4.57 Å². The van der Waals surface area contributed by atoms with E-state index in [1.807, 2.05) is 0 Å². The second kappa shape index (κ2) is 7.59. The normalized spacial score (nSPS) is 10.8. The molecule has 0 rings (SSSR count). The van der Waals surface area contributed by atoms with Gasteiger partial charge in [0, 0.05) is 0 Å². The van der Waals surface area contributed by atoms with Gasteiger partial charge in [-0.3, -0.25) is 9.11 Å². The van der Waals surface area contributed by atoms with Gasteiger partial charge in [0.15, 0.2) is 0 Å². The smallest absolute Gasteiger partial charge is 1.00 e. The van der Waals surface area contributed by atoms with Crippen LogP contribution in [-0.4, -0.2) is 70.3 Å². The van der Waals surface area contributed by atoms with Gasteiger partial charge in [-0.2, -0.15) is 8.42 Å². The number of rotatable bonds is 1. The van der Waals surface area contributed by atoms with Crippen molar-refractivity contribution in [1.29, 1.82) is 0 Å². The molecule has 0 heterocycles. The first-order valence-electron chi connectivity index (χ1n) is 1.65. The van der Waals surface area contributed by atoms with Crippen LogP contribution in [0.15, 0.2) is 0 Å². The van der Waals surface area contributed by atoms with Crippen LogP contribution in [0, 0.1) is 0 Å². The van der Waals surface area contributed by atoms with Crippen molar-refractivity contribution in [2.75, 3.05) is 0 Å². The predicted molar refractivity (Wildman–Crippen MR) is 37.9 cm³/mol. The Balaban J connectivity index is -0.0000000321. The summed E-state index contributed by atoms with van der Waals surface area (Å²) in [5.74, 6) is 0. The van der Waals surface area contributed by atoms with E-state index >= 15 is 0 Å². The van der Waals surface area contributed by atoms with Crippen molar-refractivity contribution in [2.24, 2.45) is 0 Å². The van der Waals surface area contributed by atoms with Crippen molar-refractivity contribution >= 4 is 56.0 Å². The van der Waals surface area contributed by atoms with E-state index in [4.69, 9.17) is 32.6 Å². The minimum Gasteiger partial charge on any atom is -1.00 e. The predicted octanol–water partition coefficient (Wildman–Crippen LogP) is -1.24. The molecule has 0 aliphatic carbocycles. The zero-order chi connectivity index (χ0) is 9.71. The van der Waals surface area contributed by atoms with E-state index in [1.54, 1.807) is 0 Å². The largest absolute Gasteiger partial charge is 2.00 e. The molecule has 9 nitrogen and oxygen atoms in total. The first kappa shape index (κ1) is 18.9. The summed E-state index contributed by atoms with van der Waals surface area (Å²) in [7, 11) is -9.26. The van der Waals surface area contributed by atoms with Crippen LogP contribution in [0.3, 0.4) is 0 Å². The van der Waals surface area contributed by atoms with E-state index in [0.717, 1.165) is 0 Å². The molecule has 0 aliphatic heterocycles. The van der Waals surface area contributed by atoms with Gasteiger partial charge in [-0.1, -0.05) is 0 Å². The van der Waals surface area contributed by atoms with E-state index in [1.165, 1.54) is 0 Å². The molecule has 0 radical (unpaired) electrons. The number of phosphoric acid groups is 1. The summed E-state index contributed by atoms with van der Waals surface area (Å²) in [6, 6.07) is 0. The maximum Gasteiger partial charge on any atom is 2.00 e. The number of hydrogen-bond acceptors (Lipinski definition) is 5. The van der Waals surface area contributed by atoms with Crippen LogP contribution in [0.1, 0.15) is 2.85 Å². The summed E-state index contributed by atoms with van der Waals surface area (Å²) < 4.78 is 43.4. The van der Waals surface area contributed by atoms with E-state index < -0.39 is 18.2 Å². The molecule has 0 unspecified atom stereocenters. The first-order chi connectivity index (χ1) is 4.56. The molecule has 12 heteroatoms. The monoisotopic (exact) mass is 254 g/mol. The average Bonchev–Trinajstić information content (AvgIpc) is 1.59. The molecule has 0 atom stereocenters. The van der Waals surface area contributed by atoms with E-state index in [2.05, 4.69) is 4.67 Å². The van der Waals surface area contributed by atoms with Crippen LogP contribution >= 0.6 is 7.82 Å². The molecule has 5 N–H and O–H groups in total. The molecular weight excluding hydrogens is 247 g/mol. The molecular formula is H7CaO9PS. The van der Waals surface area contributed by atoms with Crippen molar-refractivity contribution in [1.82, 2.24) is 0 Å². The fourth-order valence-corrected chi connectivity index (χ4v) is 0. The van der Waals surface area contributed by atoms with Gasteiger partial charge in [0.1, 0.15) is 0 Å². The van der Waals surface area contributed by atoms with Crippen LogP contribution in [0.25, 0.3) is 0 Å². The minimum absolute atomic E-state index is 0.